The standard InChI is InChI=1S/C30H40Cl2N4O/c1-37-30-9-3-2-6-23(30)25-21-36(13-5-12-33)29-11-10-22(18-24(25)29)19-34-14-16-35(17-15-34)20-26-27(31)7-4-8-28(26)32/h2-4,7-11,21,23-24,26-27H,5-6,12-20,33H2,1H3. The highest BCUT2D eigenvalue weighted by Crippen LogP contribution is 2.46. The first-order valence-corrected chi connectivity index (χ1v) is 14.5. The van der Waals surface area contributed by atoms with Crippen molar-refractivity contribution in [1.82, 2.24) is 14.7 Å². The normalized spacial score (nSPS) is 30.4. The average molecular weight is 544 g/mol. The van der Waals surface area contributed by atoms with Crippen LogP contribution in [0.1, 0.15) is 19.3 Å². The molecule has 0 aromatic carbocycles. The summed E-state index contributed by atoms with van der Waals surface area (Å²) in [7, 11) is 1.80. The highest BCUT2D eigenvalue weighted by molar-refractivity contribution is 6.31. The van der Waals surface area contributed by atoms with E-state index in [1.165, 1.54) is 16.8 Å². The average Bonchev–Trinajstić information content (AvgIpc) is 3.28. The van der Waals surface area contributed by atoms with Crippen LogP contribution in [0.15, 0.2) is 82.4 Å². The Morgan fingerprint density at radius 3 is 2.59 bits per heavy atom. The zero-order chi connectivity index (χ0) is 25.8. The first-order valence-electron chi connectivity index (χ1n) is 13.7. The van der Waals surface area contributed by atoms with Crippen LogP contribution in [0.25, 0.3) is 0 Å². The Hall–Kier alpha value is -1.76. The zero-order valence-electron chi connectivity index (χ0n) is 21.9. The number of fused-ring (bicyclic) bond motifs is 1. The number of allylic oxidation sites excluding steroid dienone is 10. The Morgan fingerprint density at radius 2 is 1.84 bits per heavy atom. The predicted octanol–water partition coefficient (Wildman–Crippen LogP) is 5.01. The Balaban J connectivity index is 1.21. The van der Waals surface area contributed by atoms with Crippen molar-refractivity contribution in [2.75, 3.05) is 59.5 Å². The van der Waals surface area contributed by atoms with Crippen molar-refractivity contribution in [1.29, 1.82) is 0 Å². The quantitative estimate of drug-likeness (QED) is 0.415. The molecule has 1 saturated heterocycles. The van der Waals surface area contributed by atoms with Crippen molar-refractivity contribution in [3.05, 3.63) is 82.4 Å². The highest BCUT2D eigenvalue weighted by atomic mass is 35.5. The second-order valence-corrected chi connectivity index (χ2v) is 11.6. The SMILES string of the molecule is COC1=CC=CCC1C1=CN(CCCN)C2=CC=C(CN3CCN(CC4C(Cl)=CC=CC4Cl)CC3)CC12. The van der Waals surface area contributed by atoms with Gasteiger partial charge in [0.1, 0.15) is 5.76 Å². The number of alkyl halides is 1. The van der Waals surface area contributed by atoms with E-state index in [4.69, 9.17) is 33.7 Å². The monoisotopic (exact) mass is 542 g/mol. The summed E-state index contributed by atoms with van der Waals surface area (Å²) in [4.78, 5) is 7.56. The summed E-state index contributed by atoms with van der Waals surface area (Å²) in [6.07, 6.45) is 22.7. The van der Waals surface area contributed by atoms with Gasteiger partial charge in [-0.2, -0.15) is 0 Å². The van der Waals surface area contributed by atoms with Gasteiger partial charge in [0.25, 0.3) is 0 Å². The molecule has 1 fully saturated rings. The van der Waals surface area contributed by atoms with E-state index < -0.39 is 0 Å². The molecule has 4 unspecified atom stereocenters. The van der Waals surface area contributed by atoms with Crippen LogP contribution in [0.2, 0.25) is 0 Å². The van der Waals surface area contributed by atoms with Gasteiger partial charge in [0.05, 0.1) is 12.5 Å². The van der Waals surface area contributed by atoms with Crippen molar-refractivity contribution in [3.8, 4) is 0 Å². The summed E-state index contributed by atoms with van der Waals surface area (Å²) in [6.45, 7) is 7.91. The lowest BCUT2D eigenvalue weighted by Gasteiger charge is -2.38. The fourth-order valence-electron chi connectivity index (χ4n) is 6.26. The largest absolute Gasteiger partial charge is 0.500 e. The molecule has 2 heterocycles. The molecular weight excluding hydrogens is 503 g/mol. The van der Waals surface area contributed by atoms with Gasteiger partial charge in [-0.3, -0.25) is 4.90 Å². The maximum absolute atomic E-state index is 6.53. The molecule has 7 heteroatoms. The highest BCUT2D eigenvalue weighted by Gasteiger charge is 2.37. The Labute approximate surface area is 232 Å². The summed E-state index contributed by atoms with van der Waals surface area (Å²) >= 11 is 13.0. The van der Waals surface area contributed by atoms with E-state index in [0.717, 1.165) is 75.9 Å². The molecule has 0 aromatic heterocycles. The molecular formula is C30H40Cl2N4O. The summed E-state index contributed by atoms with van der Waals surface area (Å²) in [5, 5.41) is 0.857. The third-order valence-electron chi connectivity index (χ3n) is 8.34. The number of nitrogens with two attached hydrogens (primary N) is 1. The molecule has 2 aliphatic heterocycles. The summed E-state index contributed by atoms with van der Waals surface area (Å²) in [5.41, 5.74) is 10.3. The Morgan fingerprint density at radius 1 is 1.03 bits per heavy atom. The molecule has 0 spiro atoms. The lowest BCUT2D eigenvalue weighted by Crippen LogP contribution is -2.49. The number of piperazine rings is 1. The number of nitrogens with zero attached hydrogens (tertiary/aromatic N) is 3. The third kappa shape index (κ3) is 6.12. The van der Waals surface area contributed by atoms with Gasteiger partial charge in [0.2, 0.25) is 0 Å². The molecule has 37 heavy (non-hydrogen) atoms. The minimum atomic E-state index is -0.0184. The van der Waals surface area contributed by atoms with E-state index in [1.54, 1.807) is 7.11 Å². The smallest absolute Gasteiger partial charge is 0.103 e. The van der Waals surface area contributed by atoms with Crippen LogP contribution < -0.4 is 5.73 Å². The van der Waals surface area contributed by atoms with E-state index in [2.05, 4.69) is 51.3 Å². The molecule has 4 atom stereocenters. The Kier molecular flexibility index (Phi) is 8.99. The minimum Gasteiger partial charge on any atom is -0.500 e. The van der Waals surface area contributed by atoms with Gasteiger partial charge in [0, 0.05) is 80.5 Å². The number of hydrogen-bond donors (Lipinski definition) is 1. The number of halogens is 2. The maximum atomic E-state index is 6.53. The van der Waals surface area contributed by atoms with E-state index in [-0.39, 0.29) is 11.3 Å². The van der Waals surface area contributed by atoms with Gasteiger partial charge in [0.15, 0.2) is 0 Å². The lowest BCUT2D eigenvalue weighted by atomic mass is 9.79. The first kappa shape index (κ1) is 26.8. The van der Waals surface area contributed by atoms with E-state index in [1.807, 2.05) is 18.2 Å². The van der Waals surface area contributed by atoms with Gasteiger partial charge in [-0.1, -0.05) is 47.6 Å². The third-order valence-corrected chi connectivity index (χ3v) is 9.20. The van der Waals surface area contributed by atoms with Crippen molar-refractivity contribution < 1.29 is 4.74 Å². The van der Waals surface area contributed by atoms with Crippen LogP contribution in [-0.4, -0.2) is 79.5 Å². The van der Waals surface area contributed by atoms with Crippen LogP contribution >= 0.6 is 23.2 Å². The Bertz CT molecular complexity index is 1050. The van der Waals surface area contributed by atoms with Crippen molar-refractivity contribution in [2.45, 2.75) is 24.6 Å². The van der Waals surface area contributed by atoms with Crippen LogP contribution in [0, 0.1) is 17.8 Å². The van der Waals surface area contributed by atoms with Gasteiger partial charge in [-0.05, 0) is 49.6 Å². The van der Waals surface area contributed by atoms with Crippen LogP contribution in [-0.2, 0) is 4.74 Å². The van der Waals surface area contributed by atoms with E-state index >= 15 is 0 Å². The molecule has 5 rings (SSSR count). The van der Waals surface area contributed by atoms with Crippen molar-refractivity contribution in [3.63, 3.8) is 0 Å². The number of ether oxygens (including phenoxy) is 1. The minimum absolute atomic E-state index is 0.0184. The molecule has 3 aliphatic carbocycles. The van der Waals surface area contributed by atoms with Crippen LogP contribution in [0.4, 0.5) is 0 Å². The second-order valence-electron chi connectivity index (χ2n) is 10.7. The van der Waals surface area contributed by atoms with Gasteiger partial charge >= 0.3 is 0 Å². The molecule has 0 bridgehead atoms. The van der Waals surface area contributed by atoms with Gasteiger partial charge in [-0.25, -0.2) is 0 Å². The first-order chi connectivity index (χ1) is 18.1. The predicted molar refractivity (Wildman–Crippen MR) is 154 cm³/mol. The zero-order valence-corrected chi connectivity index (χ0v) is 23.4. The molecule has 0 saturated carbocycles. The molecule has 200 valence electrons. The summed E-state index contributed by atoms with van der Waals surface area (Å²) in [5.74, 6) is 2.00. The topological polar surface area (TPSA) is 45.0 Å². The van der Waals surface area contributed by atoms with E-state index in [0.29, 0.717) is 18.4 Å². The number of methoxy groups -OCH3 is 1. The molecule has 2 N–H and O–H groups in total. The maximum Gasteiger partial charge on any atom is 0.103 e. The van der Waals surface area contributed by atoms with Gasteiger partial charge in [-0.15, -0.1) is 11.6 Å². The molecule has 5 nitrogen and oxygen atoms in total. The van der Waals surface area contributed by atoms with Crippen LogP contribution in [0.3, 0.4) is 0 Å². The molecule has 0 aromatic rings. The fraction of sp³-hybridized carbons (Fsp3) is 0.533. The van der Waals surface area contributed by atoms with Crippen LogP contribution in [0.5, 0.6) is 0 Å². The molecule has 5 aliphatic rings. The summed E-state index contributed by atoms with van der Waals surface area (Å²) in [6, 6.07) is 0. The molecule has 0 radical (unpaired) electrons. The fourth-order valence-corrected chi connectivity index (χ4v) is 6.90. The van der Waals surface area contributed by atoms with Crippen molar-refractivity contribution >= 4 is 23.2 Å². The second kappa shape index (κ2) is 12.4. The number of rotatable bonds is 9. The van der Waals surface area contributed by atoms with Crippen molar-refractivity contribution in [2.24, 2.45) is 23.5 Å². The van der Waals surface area contributed by atoms with E-state index in [9.17, 15) is 0 Å². The summed E-state index contributed by atoms with van der Waals surface area (Å²) < 4.78 is 5.80. The van der Waals surface area contributed by atoms with Gasteiger partial charge < -0.3 is 20.3 Å². The molecule has 0 amide bonds. The number of hydrogen-bond acceptors (Lipinski definition) is 5. The lowest BCUT2D eigenvalue weighted by molar-refractivity contribution is 0.129.